The summed E-state index contributed by atoms with van der Waals surface area (Å²) in [7, 11) is 0. The van der Waals surface area contributed by atoms with Crippen LogP contribution in [0.5, 0.6) is 0 Å². The molecule has 0 spiro atoms. The average Bonchev–Trinajstić information content (AvgIpc) is 2.26. The molecule has 1 amide bonds. The molecule has 1 heterocycles. The Labute approximate surface area is 114 Å². The lowest BCUT2D eigenvalue weighted by molar-refractivity contribution is -0.132. The Morgan fingerprint density at radius 1 is 1.47 bits per heavy atom. The number of amides is 1. The van der Waals surface area contributed by atoms with Gasteiger partial charge in [0.25, 0.3) is 0 Å². The zero-order valence-corrected chi connectivity index (χ0v) is 11.6. The monoisotopic (exact) mass is 279 g/mol. The summed E-state index contributed by atoms with van der Waals surface area (Å²) in [4.78, 5) is 17.5. The summed E-state index contributed by atoms with van der Waals surface area (Å²) < 4.78 is 0. The molecule has 1 atom stereocenters. The van der Waals surface area contributed by atoms with Gasteiger partial charge in [0.15, 0.2) is 0 Å². The second-order valence-electron chi connectivity index (χ2n) is 3.46. The first-order chi connectivity index (χ1) is 7.15. The zero-order chi connectivity index (χ0) is 11.3. The van der Waals surface area contributed by atoms with Crippen molar-refractivity contribution in [3.63, 3.8) is 0 Å². The fraction of sp³-hybridized carbons (Fsp3) is 0.455. The van der Waals surface area contributed by atoms with Gasteiger partial charge in [0, 0.05) is 12.7 Å². The molecule has 1 aromatic rings. The number of aromatic nitrogens is 1. The van der Waals surface area contributed by atoms with Crippen LogP contribution in [0.4, 0.5) is 0 Å². The molecule has 1 aromatic heterocycles. The number of rotatable bonds is 4. The van der Waals surface area contributed by atoms with Crippen molar-refractivity contribution >= 4 is 30.7 Å². The first-order valence-electron chi connectivity index (χ1n) is 5.09. The third-order valence-corrected chi connectivity index (χ3v) is 2.16. The molecule has 0 aliphatic rings. The minimum absolute atomic E-state index is 0. The highest BCUT2D eigenvalue weighted by atomic mass is 35.5. The molecule has 0 aliphatic carbocycles. The molecule has 17 heavy (non-hydrogen) atoms. The Bertz CT molecular complexity index is 320. The van der Waals surface area contributed by atoms with Crippen molar-refractivity contribution in [3.8, 4) is 0 Å². The van der Waals surface area contributed by atoms with Crippen molar-refractivity contribution in [2.24, 2.45) is 5.73 Å². The molecule has 0 aromatic carbocycles. The Morgan fingerprint density at radius 2 is 2.12 bits per heavy atom. The van der Waals surface area contributed by atoms with E-state index >= 15 is 0 Å². The molecular formula is C11H19Cl2N3O. The topological polar surface area (TPSA) is 59.2 Å². The summed E-state index contributed by atoms with van der Waals surface area (Å²) in [5.74, 6) is -0.0387. The quantitative estimate of drug-likeness (QED) is 0.911. The summed E-state index contributed by atoms with van der Waals surface area (Å²) in [5.41, 5.74) is 6.44. The lowest BCUT2D eigenvalue weighted by Gasteiger charge is -2.22. The first kappa shape index (κ1) is 18.5. The minimum atomic E-state index is -0.450. The highest BCUT2D eigenvalue weighted by Gasteiger charge is 2.15. The van der Waals surface area contributed by atoms with Gasteiger partial charge < -0.3 is 10.6 Å². The zero-order valence-electron chi connectivity index (χ0n) is 10.00. The smallest absolute Gasteiger partial charge is 0.239 e. The van der Waals surface area contributed by atoms with E-state index < -0.39 is 6.04 Å². The second-order valence-corrected chi connectivity index (χ2v) is 3.46. The summed E-state index contributed by atoms with van der Waals surface area (Å²) in [5, 5.41) is 0. The summed E-state index contributed by atoms with van der Waals surface area (Å²) >= 11 is 0. The number of hydrogen-bond donors (Lipinski definition) is 1. The Balaban J connectivity index is 0. The van der Waals surface area contributed by atoms with Crippen LogP contribution in [0, 0.1) is 0 Å². The number of hydrogen-bond acceptors (Lipinski definition) is 3. The van der Waals surface area contributed by atoms with Gasteiger partial charge in [-0.05, 0) is 26.0 Å². The Hall–Kier alpha value is -0.840. The van der Waals surface area contributed by atoms with Crippen LogP contribution in [0.2, 0.25) is 0 Å². The first-order valence-corrected chi connectivity index (χ1v) is 5.09. The molecule has 0 saturated carbocycles. The molecule has 0 bridgehead atoms. The van der Waals surface area contributed by atoms with Crippen molar-refractivity contribution < 1.29 is 4.79 Å². The molecule has 0 radical (unpaired) electrons. The van der Waals surface area contributed by atoms with E-state index in [1.165, 1.54) is 0 Å². The van der Waals surface area contributed by atoms with Crippen molar-refractivity contribution in [2.45, 2.75) is 26.4 Å². The molecule has 2 N–H and O–H groups in total. The van der Waals surface area contributed by atoms with E-state index in [1.54, 1.807) is 18.0 Å². The molecule has 0 unspecified atom stereocenters. The SMILES string of the molecule is CCN(Cc1ccccn1)C(=O)[C@H](C)N.Cl.Cl. The number of likely N-dealkylation sites (N-methyl/N-ethyl adjacent to an activating group) is 1. The lowest BCUT2D eigenvalue weighted by atomic mass is 10.2. The number of nitrogens with zero attached hydrogens (tertiary/aromatic N) is 2. The largest absolute Gasteiger partial charge is 0.336 e. The molecule has 4 nitrogen and oxygen atoms in total. The van der Waals surface area contributed by atoms with E-state index in [0.717, 1.165) is 5.69 Å². The van der Waals surface area contributed by atoms with Crippen molar-refractivity contribution in [2.75, 3.05) is 6.54 Å². The van der Waals surface area contributed by atoms with E-state index in [4.69, 9.17) is 5.73 Å². The summed E-state index contributed by atoms with van der Waals surface area (Å²) in [6.45, 7) is 4.81. The van der Waals surface area contributed by atoms with Crippen LogP contribution in [0.3, 0.4) is 0 Å². The summed E-state index contributed by atoms with van der Waals surface area (Å²) in [6.07, 6.45) is 1.72. The van der Waals surface area contributed by atoms with E-state index in [9.17, 15) is 4.79 Å². The maximum atomic E-state index is 11.7. The van der Waals surface area contributed by atoms with E-state index in [1.807, 2.05) is 25.1 Å². The van der Waals surface area contributed by atoms with Gasteiger partial charge in [-0.25, -0.2) is 0 Å². The molecule has 6 heteroatoms. The van der Waals surface area contributed by atoms with Gasteiger partial charge in [-0.3, -0.25) is 9.78 Å². The van der Waals surface area contributed by atoms with Gasteiger partial charge in [-0.1, -0.05) is 6.07 Å². The van der Waals surface area contributed by atoms with Gasteiger partial charge >= 0.3 is 0 Å². The normalized spacial score (nSPS) is 10.8. The van der Waals surface area contributed by atoms with Gasteiger partial charge in [0.2, 0.25) is 5.91 Å². The molecule has 1 rings (SSSR count). The molecule has 98 valence electrons. The third kappa shape index (κ3) is 5.86. The second kappa shape index (κ2) is 9.22. The fourth-order valence-electron chi connectivity index (χ4n) is 1.32. The van der Waals surface area contributed by atoms with E-state index in [-0.39, 0.29) is 30.7 Å². The predicted octanol–water partition coefficient (Wildman–Crippen LogP) is 1.62. The number of carbonyl (C=O) groups excluding carboxylic acids is 1. The molecule has 0 fully saturated rings. The van der Waals surface area contributed by atoms with Gasteiger partial charge in [0.05, 0.1) is 18.3 Å². The van der Waals surface area contributed by atoms with Crippen molar-refractivity contribution in [1.29, 1.82) is 0 Å². The van der Waals surface area contributed by atoms with Crippen molar-refractivity contribution in [1.82, 2.24) is 9.88 Å². The van der Waals surface area contributed by atoms with Gasteiger partial charge in [-0.15, -0.1) is 24.8 Å². The maximum Gasteiger partial charge on any atom is 0.239 e. The van der Waals surface area contributed by atoms with Crippen LogP contribution < -0.4 is 5.73 Å². The molecule has 0 saturated heterocycles. The minimum Gasteiger partial charge on any atom is -0.336 e. The van der Waals surface area contributed by atoms with Crippen LogP contribution in [0.15, 0.2) is 24.4 Å². The number of pyridine rings is 1. The third-order valence-electron chi connectivity index (χ3n) is 2.16. The standard InChI is InChI=1S/C11H17N3O.2ClH/c1-3-14(11(15)9(2)12)8-10-6-4-5-7-13-10;;/h4-7,9H,3,8,12H2,1-2H3;2*1H/t9-;;/m0../s1. The van der Waals surface area contributed by atoms with Crippen molar-refractivity contribution in [3.05, 3.63) is 30.1 Å². The summed E-state index contributed by atoms with van der Waals surface area (Å²) in [6, 6.07) is 5.21. The lowest BCUT2D eigenvalue weighted by Crippen LogP contribution is -2.41. The number of nitrogens with two attached hydrogens (primary N) is 1. The van der Waals surface area contributed by atoms with Crippen LogP contribution in [0.25, 0.3) is 0 Å². The predicted molar refractivity (Wildman–Crippen MR) is 73.5 cm³/mol. The molecule has 0 aliphatic heterocycles. The van der Waals surface area contributed by atoms with Crippen LogP contribution in [-0.4, -0.2) is 28.4 Å². The van der Waals surface area contributed by atoms with Crippen LogP contribution >= 0.6 is 24.8 Å². The Kier molecular flexibility index (Phi) is 10.0. The van der Waals surface area contributed by atoms with Crippen LogP contribution in [0.1, 0.15) is 19.5 Å². The fourth-order valence-corrected chi connectivity index (χ4v) is 1.32. The molecular weight excluding hydrogens is 261 g/mol. The average molecular weight is 280 g/mol. The highest BCUT2D eigenvalue weighted by Crippen LogP contribution is 2.02. The van der Waals surface area contributed by atoms with Gasteiger partial charge in [0.1, 0.15) is 0 Å². The maximum absolute atomic E-state index is 11.7. The number of carbonyl (C=O) groups is 1. The van der Waals surface area contributed by atoms with E-state index in [2.05, 4.69) is 4.98 Å². The Morgan fingerprint density at radius 3 is 2.53 bits per heavy atom. The van der Waals surface area contributed by atoms with Gasteiger partial charge in [-0.2, -0.15) is 0 Å². The highest BCUT2D eigenvalue weighted by molar-refractivity contribution is 5.85. The van der Waals surface area contributed by atoms with Crippen LogP contribution in [-0.2, 0) is 11.3 Å². The number of halogens is 2. The van der Waals surface area contributed by atoms with E-state index in [0.29, 0.717) is 13.1 Å².